The molecule has 1 aliphatic carbocycles. The van der Waals surface area contributed by atoms with Gasteiger partial charge in [0.15, 0.2) is 11.4 Å². The van der Waals surface area contributed by atoms with Crippen molar-refractivity contribution in [3.8, 4) is 11.4 Å². The van der Waals surface area contributed by atoms with Crippen LogP contribution in [0.1, 0.15) is 41.8 Å². The van der Waals surface area contributed by atoms with Gasteiger partial charge < -0.3 is 9.84 Å². The van der Waals surface area contributed by atoms with Crippen LogP contribution in [0.25, 0.3) is 5.69 Å². The molecule has 11 nitrogen and oxygen atoms in total. The first-order valence-corrected chi connectivity index (χ1v) is 15.0. The molecule has 16 heteroatoms. The molecule has 2 aromatic heterocycles. The minimum absolute atomic E-state index is 0.00168. The third-order valence-corrected chi connectivity index (χ3v) is 8.85. The molecule has 0 amide bonds. The third-order valence-electron chi connectivity index (χ3n) is 6.64. The van der Waals surface area contributed by atoms with Gasteiger partial charge in [0.25, 0.3) is 12.0 Å². The second-order valence-electron chi connectivity index (χ2n) is 9.76. The number of benzene rings is 2. The predicted molar refractivity (Wildman–Crippen MR) is 153 cm³/mol. The van der Waals surface area contributed by atoms with Crippen LogP contribution < -0.4 is 20.7 Å². The minimum Gasteiger partial charge on any atom is -0.486 e. The molecular weight excluding hydrogens is 631 g/mol. The Morgan fingerprint density at radius 3 is 2.42 bits per heavy atom. The fraction of sp³-hybridized carbons (Fsp3) is 0.259. The first kappa shape index (κ1) is 30.8. The molecule has 0 unspecified atom stereocenters. The number of pyridine rings is 1. The van der Waals surface area contributed by atoms with Crippen LogP contribution >= 0.6 is 23.2 Å². The maximum Gasteiger partial charge on any atom is 0.349 e. The molecule has 0 atom stereocenters. The predicted octanol–water partition coefficient (Wildman–Crippen LogP) is 3.53. The van der Waals surface area contributed by atoms with Crippen LogP contribution in [0.15, 0.2) is 69.2 Å². The van der Waals surface area contributed by atoms with E-state index in [1.54, 1.807) is 4.98 Å². The fourth-order valence-corrected chi connectivity index (χ4v) is 6.41. The van der Waals surface area contributed by atoms with Crippen LogP contribution in [0.5, 0.6) is 5.75 Å². The van der Waals surface area contributed by atoms with E-state index in [-0.39, 0.29) is 57.9 Å². The average Bonchev–Trinajstić information content (AvgIpc) is 2.93. The second-order valence-corrected chi connectivity index (χ2v) is 12.3. The molecule has 1 aliphatic rings. The fourth-order valence-electron chi connectivity index (χ4n) is 4.37. The lowest BCUT2D eigenvalue weighted by Crippen LogP contribution is -2.46. The Bertz CT molecular complexity index is 1860. The number of hydrogen-bond acceptors (Lipinski definition) is 8. The molecule has 0 bridgehead atoms. The van der Waals surface area contributed by atoms with E-state index in [1.165, 1.54) is 24.4 Å². The highest BCUT2D eigenvalue weighted by molar-refractivity contribution is 7.89. The van der Waals surface area contributed by atoms with Crippen molar-refractivity contribution in [1.82, 2.24) is 24.5 Å². The Hall–Kier alpha value is -3.69. The van der Waals surface area contributed by atoms with Crippen LogP contribution in [0.4, 0.5) is 8.78 Å². The summed E-state index contributed by atoms with van der Waals surface area (Å²) in [4.78, 5) is 29.8. The van der Waals surface area contributed by atoms with Gasteiger partial charge in [-0.15, -0.1) is 0 Å². The zero-order valence-electron chi connectivity index (χ0n) is 22.0. The molecule has 3 N–H and O–H groups in total. The van der Waals surface area contributed by atoms with E-state index in [4.69, 9.17) is 27.9 Å². The summed E-state index contributed by atoms with van der Waals surface area (Å²) in [6, 6.07) is 12.5. The van der Waals surface area contributed by atoms with E-state index < -0.39 is 45.5 Å². The highest BCUT2D eigenvalue weighted by atomic mass is 35.5. The van der Waals surface area contributed by atoms with Crippen molar-refractivity contribution in [3.05, 3.63) is 108 Å². The zero-order valence-corrected chi connectivity index (χ0v) is 24.3. The number of aromatic amines is 1. The summed E-state index contributed by atoms with van der Waals surface area (Å²) in [7, 11) is -4.10. The number of aliphatic hydroxyl groups is 1. The molecule has 0 spiro atoms. The number of aliphatic hydroxyl groups excluding tert-OH is 1. The van der Waals surface area contributed by atoms with Crippen molar-refractivity contribution in [1.29, 1.82) is 0 Å². The maximum absolute atomic E-state index is 13.4. The highest BCUT2D eigenvalue weighted by Crippen LogP contribution is 2.32. The van der Waals surface area contributed by atoms with Crippen LogP contribution in [0.2, 0.25) is 10.0 Å². The van der Waals surface area contributed by atoms with Crippen molar-refractivity contribution in [2.24, 2.45) is 0 Å². The summed E-state index contributed by atoms with van der Waals surface area (Å²) in [6.07, 6.45) is -2.04. The van der Waals surface area contributed by atoms with Gasteiger partial charge in [-0.1, -0.05) is 53.5 Å². The molecule has 5 rings (SSSR count). The van der Waals surface area contributed by atoms with E-state index in [1.807, 2.05) is 30.3 Å². The second kappa shape index (κ2) is 12.5. The number of rotatable bonds is 10. The van der Waals surface area contributed by atoms with E-state index in [9.17, 15) is 31.9 Å². The van der Waals surface area contributed by atoms with E-state index in [0.717, 1.165) is 5.56 Å². The number of ether oxygens (including phenoxy) is 1. The van der Waals surface area contributed by atoms with E-state index >= 15 is 0 Å². The molecule has 2 heterocycles. The van der Waals surface area contributed by atoms with Gasteiger partial charge in [-0.05, 0) is 42.2 Å². The number of alkyl halides is 2. The molecule has 226 valence electrons. The first-order valence-electron chi connectivity index (χ1n) is 12.8. The molecule has 0 saturated heterocycles. The highest BCUT2D eigenvalue weighted by Gasteiger charge is 2.33. The molecule has 2 aromatic carbocycles. The van der Waals surface area contributed by atoms with Crippen molar-refractivity contribution in [3.63, 3.8) is 0 Å². The molecule has 43 heavy (non-hydrogen) atoms. The maximum atomic E-state index is 13.4. The molecular formula is C27H23Cl2F2N5O6S. The first-order chi connectivity index (χ1) is 20.4. The number of H-pyrrole nitrogens is 1. The Morgan fingerprint density at radius 2 is 1.79 bits per heavy atom. The summed E-state index contributed by atoms with van der Waals surface area (Å²) in [5.41, 5.74) is -2.30. The standard InChI is InChI=1S/C27H23Cl2F2N5O6S/c28-20-10-17(36-27(39)33-26(38)24(34-36)25(30)31)11-21(29)19(20)8-15-9-23(43(40,41)35-16-6-18(37)7-16)22(12-32-15)42-13-14-4-2-1-3-5-14/h1-5,9-12,16,18,25,35,37H,6-8,13H2,(H,33,38,39)/t16-,18-. The molecule has 0 aliphatic heterocycles. The molecule has 1 saturated carbocycles. The van der Waals surface area contributed by atoms with Gasteiger partial charge >= 0.3 is 5.69 Å². The van der Waals surface area contributed by atoms with Crippen molar-refractivity contribution in [2.45, 2.75) is 49.3 Å². The Labute approximate surface area is 253 Å². The SMILES string of the molecule is O=c1[nH]c(=O)n(-c2cc(Cl)c(Cc3cc(S(=O)(=O)N[C@H]4C[C@H](O)C4)c(OCc4ccccc4)cn3)c(Cl)c2)nc1C(F)F. The number of sulfonamides is 1. The van der Waals surface area contributed by atoms with Crippen molar-refractivity contribution < 1.29 is 27.0 Å². The normalized spacial score (nSPS) is 16.7. The van der Waals surface area contributed by atoms with E-state index in [2.05, 4.69) is 14.8 Å². The van der Waals surface area contributed by atoms with Gasteiger partial charge in [0.2, 0.25) is 10.0 Å². The zero-order chi connectivity index (χ0) is 30.9. The number of hydrogen-bond donors (Lipinski definition) is 3. The van der Waals surface area contributed by atoms with Gasteiger partial charge in [-0.25, -0.2) is 26.7 Å². The Morgan fingerprint density at radius 1 is 1.12 bits per heavy atom. The van der Waals surface area contributed by atoms with Crippen molar-refractivity contribution in [2.75, 3.05) is 0 Å². The Kier molecular flexibility index (Phi) is 8.94. The number of aromatic nitrogens is 4. The van der Waals surface area contributed by atoms with Crippen LogP contribution in [-0.4, -0.2) is 45.4 Å². The van der Waals surface area contributed by atoms with Crippen molar-refractivity contribution >= 4 is 33.2 Å². The largest absolute Gasteiger partial charge is 0.486 e. The lowest BCUT2D eigenvalue weighted by Gasteiger charge is -2.31. The van der Waals surface area contributed by atoms with Gasteiger partial charge in [-0.3, -0.25) is 14.8 Å². The number of nitrogens with zero attached hydrogens (tertiary/aromatic N) is 3. The van der Waals surface area contributed by atoms with Gasteiger partial charge in [-0.2, -0.15) is 9.78 Å². The summed E-state index contributed by atoms with van der Waals surface area (Å²) in [5, 5.41) is 13.0. The smallest absolute Gasteiger partial charge is 0.349 e. The number of nitrogens with one attached hydrogen (secondary N) is 2. The van der Waals surface area contributed by atoms with E-state index in [0.29, 0.717) is 10.2 Å². The quantitative estimate of drug-likeness (QED) is 0.235. The summed E-state index contributed by atoms with van der Waals surface area (Å²) in [5.74, 6) is 0.00544. The topological polar surface area (TPSA) is 156 Å². The summed E-state index contributed by atoms with van der Waals surface area (Å²) in [6.45, 7) is 0.0804. The summed E-state index contributed by atoms with van der Waals surface area (Å²) >= 11 is 12.9. The lowest BCUT2D eigenvalue weighted by molar-refractivity contribution is 0.0712. The molecule has 0 radical (unpaired) electrons. The average molecular weight is 654 g/mol. The van der Waals surface area contributed by atoms with Gasteiger partial charge in [0.05, 0.1) is 18.0 Å². The summed E-state index contributed by atoms with van der Waals surface area (Å²) < 4.78 is 62.1. The minimum atomic E-state index is -4.10. The lowest BCUT2D eigenvalue weighted by atomic mass is 9.91. The molecule has 4 aromatic rings. The molecule has 1 fully saturated rings. The van der Waals surface area contributed by atoms with Gasteiger partial charge in [0.1, 0.15) is 11.5 Å². The third kappa shape index (κ3) is 6.94. The van der Waals surface area contributed by atoms with Crippen LogP contribution in [0.3, 0.4) is 0 Å². The van der Waals surface area contributed by atoms with Gasteiger partial charge in [0, 0.05) is 28.2 Å². The monoisotopic (exact) mass is 653 g/mol. The number of halogens is 4. The Balaban J connectivity index is 1.47. The van der Waals surface area contributed by atoms with Crippen LogP contribution in [0, 0.1) is 0 Å². The van der Waals surface area contributed by atoms with Crippen LogP contribution in [-0.2, 0) is 23.1 Å².